The number of carboxylic acids is 1. The average molecular weight is 1370 g/mol. The zero-order chi connectivity index (χ0) is 50.1. The number of hydrogen-bond acceptors (Lipinski definition) is 9. The molecule has 0 aromatic heterocycles. The van der Waals surface area contributed by atoms with Crippen LogP contribution in [0.25, 0.3) is 0 Å². The van der Waals surface area contributed by atoms with E-state index in [-0.39, 0.29) is 41.7 Å². The first kappa shape index (κ1) is 79.9. The maximum atomic E-state index is 13.1. The van der Waals surface area contributed by atoms with Gasteiger partial charge in [-0.3, -0.25) is 4.79 Å². The predicted octanol–water partition coefficient (Wildman–Crippen LogP) is 13.4. The van der Waals surface area contributed by atoms with Crippen molar-refractivity contribution in [1.29, 1.82) is 0 Å². The van der Waals surface area contributed by atoms with Crippen LogP contribution >= 0.6 is 0 Å². The molecular weight excluding hydrogens is 1260 g/mol. The van der Waals surface area contributed by atoms with Crippen LogP contribution in [0, 0.1) is 45.3 Å². The van der Waals surface area contributed by atoms with Crippen LogP contribution < -0.4 is 0 Å². The molecular formula is C49H109O12Sn4. The summed E-state index contributed by atoms with van der Waals surface area (Å²) < 4.78 is 33.7. The second kappa shape index (κ2) is 38.4. The Bertz CT molecular complexity index is 1250. The van der Waals surface area contributed by atoms with Crippen molar-refractivity contribution >= 4 is 102 Å². The molecule has 0 saturated heterocycles. The quantitative estimate of drug-likeness (QED) is 0.0856. The van der Waals surface area contributed by atoms with Crippen molar-refractivity contribution in [3.63, 3.8) is 0 Å². The number of carboxylic acid groups (broad SMARTS) is 1. The molecule has 0 aromatic carbocycles. The van der Waals surface area contributed by atoms with E-state index in [0.29, 0.717) is 23.7 Å². The van der Waals surface area contributed by atoms with Crippen LogP contribution in [-0.4, -0.2) is 118 Å². The molecule has 393 valence electrons. The van der Waals surface area contributed by atoms with Gasteiger partial charge >= 0.3 is 345 Å². The molecule has 12 nitrogen and oxygen atoms in total. The third-order valence-electron chi connectivity index (χ3n) is 11.7. The fourth-order valence-electron chi connectivity index (χ4n) is 5.77. The van der Waals surface area contributed by atoms with E-state index in [4.69, 9.17) is 15.7 Å². The van der Waals surface area contributed by atoms with E-state index in [1.165, 1.54) is 0 Å². The molecule has 0 heterocycles. The molecule has 1 radical (unpaired) electrons. The van der Waals surface area contributed by atoms with Gasteiger partial charge in [0.2, 0.25) is 0 Å². The van der Waals surface area contributed by atoms with E-state index in [2.05, 4.69) is 72.2 Å². The van der Waals surface area contributed by atoms with Crippen molar-refractivity contribution in [3.05, 3.63) is 0 Å². The van der Waals surface area contributed by atoms with E-state index in [1.807, 2.05) is 78.1 Å². The van der Waals surface area contributed by atoms with Gasteiger partial charge in [-0.1, -0.05) is 28.2 Å². The summed E-state index contributed by atoms with van der Waals surface area (Å²) in [6.07, 6.45) is 10.5. The number of carbonyl (C=O) groups excluding carboxylic acids is 3. The van der Waals surface area contributed by atoms with Crippen molar-refractivity contribution in [3.8, 4) is 0 Å². The first-order chi connectivity index (χ1) is 27.9. The van der Waals surface area contributed by atoms with Crippen molar-refractivity contribution < 1.29 is 48.9 Å². The summed E-state index contributed by atoms with van der Waals surface area (Å²) in [7, 11) is 0. The normalized spacial score (nSPS) is 14.9. The maximum absolute atomic E-state index is 13.1. The molecule has 0 fully saturated rings. The van der Waals surface area contributed by atoms with Crippen molar-refractivity contribution in [2.24, 2.45) is 45.3 Å². The Morgan fingerprint density at radius 3 is 0.908 bits per heavy atom. The minimum absolute atomic E-state index is 0. The molecule has 4 unspecified atom stereocenters. The monoisotopic (exact) mass is 1370 g/mol. The predicted molar refractivity (Wildman–Crippen MR) is 281 cm³/mol. The second-order valence-electron chi connectivity index (χ2n) is 21.6. The fraction of sp³-hybridized carbons (Fsp3) is 0.918. The summed E-state index contributed by atoms with van der Waals surface area (Å²) >= 11 is -10.8. The molecule has 0 aliphatic heterocycles. The zero-order valence-corrected chi connectivity index (χ0v) is 57.3. The van der Waals surface area contributed by atoms with Gasteiger partial charge in [0, 0.05) is 0 Å². The molecule has 0 aliphatic rings. The van der Waals surface area contributed by atoms with Gasteiger partial charge < -0.3 is 16.1 Å². The van der Waals surface area contributed by atoms with Crippen LogP contribution in [0.5, 0.6) is 0 Å². The molecule has 65 heavy (non-hydrogen) atoms. The average Bonchev–Trinajstić information content (AvgIpc) is 3.12. The van der Waals surface area contributed by atoms with Crippen LogP contribution in [0.1, 0.15) is 195 Å². The van der Waals surface area contributed by atoms with Gasteiger partial charge in [0.25, 0.3) is 0 Å². The van der Waals surface area contributed by atoms with Crippen molar-refractivity contribution in [1.82, 2.24) is 0 Å². The summed E-state index contributed by atoms with van der Waals surface area (Å²) in [5.74, 6) is 1.42. The van der Waals surface area contributed by atoms with Crippen LogP contribution in [-0.2, 0) is 32.9 Å². The SMILES string of the molecule is C.CCC(C)(CCC(C)C)C(=O)O.CCC(C)(CCC(C)C)C(=O)[O][Sn]([CH3])([CH3])[O][Sn]([CH3])([CH3])[O]C(=O)C(C)(CC)CCC(C)C.CCC(C)(CCC(C)C)C(=O)[O][Sn]([CH3])[CH3].O.O.[CH3][Sn]([CH3])=[O]. The molecule has 0 spiro atoms. The molecule has 0 rings (SSSR count). The van der Waals surface area contributed by atoms with Gasteiger partial charge in [0.05, 0.1) is 5.41 Å². The summed E-state index contributed by atoms with van der Waals surface area (Å²) in [5, 5.41) is 8.95. The van der Waals surface area contributed by atoms with Gasteiger partial charge in [-0.15, -0.1) is 0 Å². The van der Waals surface area contributed by atoms with E-state index in [1.54, 1.807) is 0 Å². The van der Waals surface area contributed by atoms with Gasteiger partial charge in [-0.05, 0) is 32.1 Å². The van der Waals surface area contributed by atoms with E-state index in [9.17, 15) is 22.3 Å². The Morgan fingerprint density at radius 1 is 0.508 bits per heavy atom. The molecule has 0 saturated carbocycles. The molecule has 0 aromatic rings. The van der Waals surface area contributed by atoms with E-state index in [0.717, 1.165) is 77.0 Å². The Balaban J connectivity index is -0.000000165. The standard InChI is InChI=1S/4C10H20O2.CH4.8CH3.2H2O.2O.4Sn/c4*1-5-10(4,9(11)12)7-6-8(2)3;;;;;;;;;;;;;;;;;/h4*8H,5-7H2,1-4H3,(H,11,12);1H4;8*1H3;2*1H2;;;;;;/q;;;;;;;;;;;;;;;;;;3*+1/p-3. The van der Waals surface area contributed by atoms with Crippen molar-refractivity contribution in [2.45, 2.75) is 235 Å². The third-order valence-corrected chi connectivity index (χ3v) is 38.9. The Morgan fingerprint density at radius 2 is 0.723 bits per heavy atom. The fourth-order valence-corrected chi connectivity index (χ4v) is 39.4. The van der Waals surface area contributed by atoms with E-state index >= 15 is 0 Å². The second-order valence-corrected chi connectivity index (χ2v) is 54.2. The first-order valence-electron chi connectivity index (χ1n) is 23.8. The number of carbonyl (C=O) groups is 4. The van der Waals surface area contributed by atoms with Crippen LogP contribution in [0.2, 0.25) is 39.5 Å². The summed E-state index contributed by atoms with van der Waals surface area (Å²) in [6, 6.07) is 0. The van der Waals surface area contributed by atoms with Gasteiger partial charge in [0.1, 0.15) is 0 Å². The number of hydrogen-bond donors (Lipinski definition) is 1. The van der Waals surface area contributed by atoms with Gasteiger partial charge in [-0.2, -0.15) is 0 Å². The van der Waals surface area contributed by atoms with E-state index < -0.39 is 101 Å². The van der Waals surface area contributed by atoms with Crippen LogP contribution in [0.3, 0.4) is 0 Å². The molecule has 0 bridgehead atoms. The molecule has 0 aliphatic carbocycles. The number of aliphatic carboxylic acids is 1. The first-order valence-corrected chi connectivity index (χ1v) is 53.6. The number of rotatable bonds is 25. The summed E-state index contributed by atoms with van der Waals surface area (Å²) in [5.41, 5.74) is -1.74. The minimum atomic E-state index is -3.64. The van der Waals surface area contributed by atoms with Crippen LogP contribution in [0.15, 0.2) is 0 Å². The summed E-state index contributed by atoms with van der Waals surface area (Å²) in [6.45, 7) is 33.3. The molecule has 16 heteroatoms. The Labute approximate surface area is 427 Å². The van der Waals surface area contributed by atoms with Crippen molar-refractivity contribution in [2.75, 3.05) is 0 Å². The zero-order valence-electron chi connectivity index (χ0n) is 45.9. The molecule has 0 amide bonds. The third kappa shape index (κ3) is 39.1. The molecule has 5 N–H and O–H groups in total. The van der Waals surface area contributed by atoms with Gasteiger partial charge in [-0.25, -0.2) is 0 Å². The molecule has 4 atom stereocenters. The van der Waals surface area contributed by atoms with Gasteiger partial charge in [0.15, 0.2) is 0 Å². The summed E-state index contributed by atoms with van der Waals surface area (Å²) in [4.78, 5) is 64.5. The topological polar surface area (TPSA) is 206 Å². The van der Waals surface area contributed by atoms with Crippen LogP contribution in [0.4, 0.5) is 0 Å². The Kier molecular flexibility index (Phi) is 47.2. The Hall–Kier alpha value is 0.755.